The van der Waals surface area contributed by atoms with E-state index < -0.39 is 0 Å². The Hall–Kier alpha value is -2.63. The minimum Gasteiger partial charge on any atom is -0.326 e. The number of nitrogens with zero attached hydrogens (tertiary/aromatic N) is 2. The molecule has 2 rings (SSSR count). The number of nitrogens with one attached hydrogen (secondary N) is 2. The number of anilines is 2. The second-order valence-electron chi connectivity index (χ2n) is 4.48. The van der Waals surface area contributed by atoms with Gasteiger partial charge in [0.2, 0.25) is 11.8 Å². The molecular weight excluding hydrogens is 256 g/mol. The van der Waals surface area contributed by atoms with E-state index in [1.807, 2.05) is 12.1 Å². The molecule has 2 aromatic rings. The highest BCUT2D eigenvalue weighted by Gasteiger charge is 2.06. The van der Waals surface area contributed by atoms with Gasteiger partial charge in [0, 0.05) is 31.9 Å². The van der Waals surface area contributed by atoms with Gasteiger partial charge in [-0.3, -0.25) is 14.3 Å². The molecule has 2 N–H and O–H groups in total. The first-order valence-electron chi connectivity index (χ1n) is 6.19. The second-order valence-corrected chi connectivity index (χ2v) is 4.48. The minimum absolute atomic E-state index is 0.120. The van der Waals surface area contributed by atoms with Crippen LogP contribution in [0.3, 0.4) is 0 Å². The Morgan fingerprint density at radius 1 is 1.15 bits per heavy atom. The lowest BCUT2D eigenvalue weighted by Gasteiger charge is -2.05. The predicted octanol–water partition coefficient (Wildman–Crippen LogP) is 1.56. The van der Waals surface area contributed by atoms with Crippen molar-refractivity contribution >= 4 is 23.3 Å². The van der Waals surface area contributed by atoms with Gasteiger partial charge in [-0.1, -0.05) is 12.1 Å². The standard InChI is InChI=1S/C14H16N4O2/c1-10(19)15-12-5-3-11(4-6-12)9-14(20)16-13-7-8-18(2)17-13/h3-8H,9H2,1-2H3,(H,15,19)(H,16,17,20). The van der Waals surface area contributed by atoms with Gasteiger partial charge in [0.1, 0.15) is 0 Å². The molecule has 1 aromatic carbocycles. The summed E-state index contributed by atoms with van der Waals surface area (Å²) in [5.74, 6) is 0.286. The number of amides is 2. The quantitative estimate of drug-likeness (QED) is 0.886. The van der Waals surface area contributed by atoms with Crippen LogP contribution in [0.15, 0.2) is 36.5 Å². The third-order valence-electron chi connectivity index (χ3n) is 2.62. The van der Waals surface area contributed by atoms with Crippen LogP contribution in [0.1, 0.15) is 12.5 Å². The zero-order chi connectivity index (χ0) is 14.5. The van der Waals surface area contributed by atoms with Gasteiger partial charge in [-0.25, -0.2) is 0 Å². The number of hydrogen-bond donors (Lipinski definition) is 2. The SMILES string of the molecule is CC(=O)Nc1ccc(CC(=O)Nc2ccn(C)n2)cc1. The summed E-state index contributed by atoms with van der Waals surface area (Å²) >= 11 is 0. The molecule has 6 heteroatoms. The Bertz CT molecular complexity index is 616. The molecule has 0 unspecified atom stereocenters. The van der Waals surface area contributed by atoms with Gasteiger partial charge in [-0.15, -0.1) is 0 Å². The maximum absolute atomic E-state index is 11.8. The van der Waals surface area contributed by atoms with Gasteiger partial charge in [0.25, 0.3) is 0 Å². The highest BCUT2D eigenvalue weighted by molar-refractivity contribution is 5.91. The van der Waals surface area contributed by atoms with Gasteiger partial charge in [0.15, 0.2) is 5.82 Å². The molecule has 0 aliphatic heterocycles. The lowest BCUT2D eigenvalue weighted by molar-refractivity contribution is -0.116. The number of aromatic nitrogens is 2. The van der Waals surface area contributed by atoms with E-state index in [-0.39, 0.29) is 18.2 Å². The van der Waals surface area contributed by atoms with Crippen molar-refractivity contribution in [3.05, 3.63) is 42.1 Å². The zero-order valence-electron chi connectivity index (χ0n) is 11.4. The second kappa shape index (κ2) is 6.01. The maximum atomic E-state index is 11.8. The summed E-state index contributed by atoms with van der Waals surface area (Å²) < 4.78 is 1.62. The van der Waals surface area contributed by atoms with E-state index in [0.717, 1.165) is 5.56 Å². The third kappa shape index (κ3) is 3.94. The van der Waals surface area contributed by atoms with Gasteiger partial charge in [-0.2, -0.15) is 5.10 Å². The molecule has 0 spiro atoms. The van der Waals surface area contributed by atoms with Crippen LogP contribution < -0.4 is 10.6 Å². The van der Waals surface area contributed by atoms with Crippen molar-refractivity contribution in [2.45, 2.75) is 13.3 Å². The molecule has 1 heterocycles. The Labute approximate surface area is 116 Å². The third-order valence-corrected chi connectivity index (χ3v) is 2.62. The fourth-order valence-corrected chi connectivity index (χ4v) is 1.76. The van der Waals surface area contributed by atoms with Crippen molar-refractivity contribution < 1.29 is 9.59 Å². The number of rotatable bonds is 4. The largest absolute Gasteiger partial charge is 0.326 e. The smallest absolute Gasteiger partial charge is 0.229 e. The Morgan fingerprint density at radius 3 is 2.40 bits per heavy atom. The number of hydrogen-bond acceptors (Lipinski definition) is 3. The summed E-state index contributed by atoms with van der Waals surface area (Å²) in [6.07, 6.45) is 2.02. The first-order valence-corrected chi connectivity index (χ1v) is 6.19. The summed E-state index contributed by atoms with van der Waals surface area (Å²) in [4.78, 5) is 22.7. The summed E-state index contributed by atoms with van der Waals surface area (Å²) in [7, 11) is 1.79. The van der Waals surface area contributed by atoms with Crippen molar-refractivity contribution in [1.82, 2.24) is 9.78 Å². The van der Waals surface area contributed by atoms with Crippen molar-refractivity contribution in [2.75, 3.05) is 10.6 Å². The summed E-state index contributed by atoms with van der Waals surface area (Å²) in [6, 6.07) is 8.89. The molecule has 6 nitrogen and oxygen atoms in total. The molecule has 20 heavy (non-hydrogen) atoms. The topological polar surface area (TPSA) is 76.0 Å². The fourth-order valence-electron chi connectivity index (χ4n) is 1.76. The molecular formula is C14H16N4O2. The van der Waals surface area contributed by atoms with Crippen LogP contribution in [0.2, 0.25) is 0 Å². The maximum Gasteiger partial charge on any atom is 0.229 e. The minimum atomic E-state index is -0.129. The lowest BCUT2D eigenvalue weighted by atomic mass is 10.1. The van der Waals surface area contributed by atoms with Gasteiger partial charge in [0.05, 0.1) is 6.42 Å². The number of benzene rings is 1. The molecule has 1 aromatic heterocycles. The Morgan fingerprint density at radius 2 is 1.85 bits per heavy atom. The normalized spacial score (nSPS) is 10.1. The highest BCUT2D eigenvalue weighted by Crippen LogP contribution is 2.11. The van der Waals surface area contributed by atoms with E-state index in [1.54, 1.807) is 36.1 Å². The molecule has 104 valence electrons. The van der Waals surface area contributed by atoms with E-state index in [2.05, 4.69) is 15.7 Å². The molecule has 0 saturated heterocycles. The summed E-state index contributed by atoms with van der Waals surface area (Å²) in [5.41, 5.74) is 1.58. The number of carbonyl (C=O) groups excluding carboxylic acids is 2. The van der Waals surface area contributed by atoms with E-state index in [1.165, 1.54) is 6.92 Å². The van der Waals surface area contributed by atoms with Crippen LogP contribution in [-0.4, -0.2) is 21.6 Å². The molecule has 0 fully saturated rings. The van der Waals surface area contributed by atoms with E-state index in [4.69, 9.17) is 0 Å². The van der Waals surface area contributed by atoms with Gasteiger partial charge >= 0.3 is 0 Å². The highest BCUT2D eigenvalue weighted by atomic mass is 16.2. The van der Waals surface area contributed by atoms with Crippen molar-refractivity contribution in [3.63, 3.8) is 0 Å². The average Bonchev–Trinajstić information content (AvgIpc) is 2.76. The molecule has 2 amide bonds. The predicted molar refractivity (Wildman–Crippen MR) is 76.3 cm³/mol. The summed E-state index contributed by atoms with van der Waals surface area (Å²) in [6.45, 7) is 1.45. The molecule has 0 aliphatic carbocycles. The van der Waals surface area contributed by atoms with E-state index >= 15 is 0 Å². The van der Waals surface area contributed by atoms with Crippen LogP contribution in [0.4, 0.5) is 11.5 Å². The van der Waals surface area contributed by atoms with Crippen LogP contribution >= 0.6 is 0 Å². The molecule has 0 saturated carbocycles. The zero-order valence-corrected chi connectivity index (χ0v) is 11.4. The Kier molecular flexibility index (Phi) is 4.14. The first kappa shape index (κ1) is 13.8. The van der Waals surface area contributed by atoms with Crippen molar-refractivity contribution in [2.24, 2.45) is 7.05 Å². The molecule has 0 atom stereocenters. The van der Waals surface area contributed by atoms with Crippen molar-refractivity contribution in [1.29, 1.82) is 0 Å². The monoisotopic (exact) mass is 272 g/mol. The van der Waals surface area contributed by atoms with Gasteiger partial charge < -0.3 is 10.6 Å². The Balaban J connectivity index is 1.92. The van der Waals surface area contributed by atoms with Crippen LogP contribution in [0.5, 0.6) is 0 Å². The number of aryl methyl sites for hydroxylation is 1. The molecule has 0 bridgehead atoms. The first-order chi connectivity index (χ1) is 9.52. The van der Waals surface area contributed by atoms with Crippen LogP contribution in [-0.2, 0) is 23.1 Å². The summed E-state index contributed by atoms with van der Waals surface area (Å²) in [5, 5.41) is 9.47. The van der Waals surface area contributed by atoms with Crippen LogP contribution in [0.25, 0.3) is 0 Å². The molecule has 0 radical (unpaired) electrons. The van der Waals surface area contributed by atoms with E-state index in [0.29, 0.717) is 11.5 Å². The lowest BCUT2D eigenvalue weighted by Crippen LogP contribution is -2.15. The molecule has 0 aliphatic rings. The van der Waals surface area contributed by atoms with Gasteiger partial charge in [-0.05, 0) is 17.7 Å². The van der Waals surface area contributed by atoms with E-state index in [9.17, 15) is 9.59 Å². The average molecular weight is 272 g/mol. The fraction of sp³-hybridized carbons (Fsp3) is 0.214. The van der Waals surface area contributed by atoms with Crippen LogP contribution in [0, 0.1) is 0 Å². The number of carbonyl (C=O) groups is 2. The van der Waals surface area contributed by atoms with Crippen molar-refractivity contribution in [3.8, 4) is 0 Å².